The van der Waals surface area contributed by atoms with Gasteiger partial charge in [-0.3, -0.25) is 25.0 Å². The molecule has 0 aromatic heterocycles. The molecule has 0 N–H and O–H groups in total. The van der Waals surface area contributed by atoms with Crippen LogP contribution in [0.2, 0.25) is 0 Å². The van der Waals surface area contributed by atoms with Crippen LogP contribution in [0.25, 0.3) is 0 Å². The molecule has 0 aliphatic heterocycles. The molecule has 0 aliphatic rings. The fourth-order valence-electron chi connectivity index (χ4n) is 5.72. The SMILES string of the molecule is CCCCCCCC/C=C\C[C@@H](CC(=O)OC)N(CCCN(CCCCCBr)S(=O)(=O)c1ccccc1[N+](=O)[O-])S(=O)(=O)c1ccccc1[N+](=O)[O-]. The third kappa shape index (κ3) is 14.0. The Hall–Kier alpha value is -3.25. The van der Waals surface area contributed by atoms with E-state index < -0.39 is 63.1 Å². The van der Waals surface area contributed by atoms with Crippen molar-refractivity contribution in [3.63, 3.8) is 0 Å². The molecular weight excluding hydrogens is 780 g/mol. The summed E-state index contributed by atoms with van der Waals surface area (Å²) in [4.78, 5) is 33.7. The fraction of sp³-hybridized carbons (Fsp3) is 0.571. The summed E-state index contributed by atoms with van der Waals surface area (Å²) < 4.78 is 63.4. The van der Waals surface area contributed by atoms with Crippen LogP contribution in [0.1, 0.15) is 90.4 Å². The molecule has 14 nitrogen and oxygen atoms in total. The molecule has 0 saturated heterocycles. The van der Waals surface area contributed by atoms with Gasteiger partial charge in [-0.1, -0.05) is 97.8 Å². The van der Waals surface area contributed by atoms with Crippen molar-refractivity contribution in [2.45, 2.75) is 106 Å². The van der Waals surface area contributed by atoms with Crippen LogP contribution >= 0.6 is 15.9 Å². The number of esters is 1. The minimum absolute atomic E-state index is 0.0189. The molecule has 0 bridgehead atoms. The van der Waals surface area contributed by atoms with Gasteiger partial charge in [-0.15, -0.1) is 0 Å². The van der Waals surface area contributed by atoms with Crippen molar-refractivity contribution in [2.24, 2.45) is 0 Å². The maximum atomic E-state index is 14.3. The van der Waals surface area contributed by atoms with Gasteiger partial charge in [0.05, 0.1) is 23.4 Å². The van der Waals surface area contributed by atoms with Crippen LogP contribution in [-0.2, 0) is 29.6 Å². The van der Waals surface area contributed by atoms with Gasteiger partial charge in [-0.2, -0.15) is 8.61 Å². The first-order valence-corrected chi connectivity index (χ1v) is 21.6. The summed E-state index contributed by atoms with van der Waals surface area (Å²) in [6.45, 7) is 1.64. The van der Waals surface area contributed by atoms with E-state index in [1.165, 1.54) is 37.8 Å². The summed E-state index contributed by atoms with van der Waals surface area (Å²) in [5.41, 5.74) is -1.23. The Balaban J connectivity index is 2.50. The summed E-state index contributed by atoms with van der Waals surface area (Å²) in [6, 6.07) is 8.92. The van der Waals surface area contributed by atoms with E-state index in [1.54, 1.807) is 6.08 Å². The molecule has 0 unspecified atom stereocenters. The zero-order valence-corrected chi connectivity index (χ0v) is 33.2. The van der Waals surface area contributed by atoms with Crippen LogP contribution in [0.4, 0.5) is 11.4 Å². The van der Waals surface area contributed by atoms with Crippen LogP contribution < -0.4 is 0 Å². The number of carbonyl (C=O) groups excluding carboxylic acids is 1. The number of hydrogen-bond acceptors (Lipinski definition) is 10. The standard InChI is InChI=1S/C35H51BrN4O10S2/c1-3-4-5-6-7-8-9-10-12-20-30(29-35(41)50-2)38(52(48,49)34-24-16-14-22-32(34)40(44)45)28-19-27-37(26-18-11-17-25-36)51(46,47)33-23-15-13-21-31(33)39(42)43/h10,12-16,21-24,30H,3-9,11,17-20,25-29H2,1-2H3/b12-10-/t30-/m0/s1. The number of alkyl halides is 1. The van der Waals surface area contributed by atoms with Crippen molar-refractivity contribution in [1.29, 1.82) is 0 Å². The third-order valence-electron chi connectivity index (χ3n) is 8.49. The molecule has 2 aromatic carbocycles. The maximum absolute atomic E-state index is 14.3. The molecule has 2 rings (SSSR count). The van der Waals surface area contributed by atoms with Crippen molar-refractivity contribution in [3.05, 3.63) is 80.9 Å². The highest BCUT2D eigenvalue weighted by Gasteiger charge is 2.37. The topological polar surface area (TPSA) is 187 Å². The quantitative estimate of drug-likeness (QED) is 0.0215. The molecular formula is C35H51BrN4O10S2. The van der Waals surface area contributed by atoms with Crippen molar-refractivity contribution in [2.75, 3.05) is 32.1 Å². The molecule has 17 heteroatoms. The minimum atomic E-state index is -4.63. The molecule has 0 spiro atoms. The van der Waals surface area contributed by atoms with Crippen molar-refractivity contribution in [3.8, 4) is 0 Å². The molecule has 0 fully saturated rings. The molecule has 2 aromatic rings. The lowest BCUT2D eigenvalue weighted by molar-refractivity contribution is -0.388. The van der Waals surface area contributed by atoms with Gasteiger partial charge in [0.2, 0.25) is 20.0 Å². The summed E-state index contributed by atoms with van der Waals surface area (Å²) in [5.74, 6) is -0.690. The summed E-state index contributed by atoms with van der Waals surface area (Å²) in [7, 11) is -7.86. The second-order valence-corrected chi connectivity index (χ2v) is 16.8. The largest absolute Gasteiger partial charge is 0.469 e. The number of hydrogen-bond donors (Lipinski definition) is 0. The molecule has 290 valence electrons. The van der Waals surface area contributed by atoms with Gasteiger partial charge in [0.25, 0.3) is 11.4 Å². The van der Waals surface area contributed by atoms with E-state index in [9.17, 15) is 41.9 Å². The van der Waals surface area contributed by atoms with Gasteiger partial charge in [0, 0.05) is 43.1 Å². The number of nitrogens with zero attached hydrogens (tertiary/aromatic N) is 4. The molecule has 0 aliphatic carbocycles. The highest BCUT2D eigenvalue weighted by Crippen LogP contribution is 2.31. The lowest BCUT2D eigenvalue weighted by Gasteiger charge is -2.31. The van der Waals surface area contributed by atoms with E-state index in [0.717, 1.165) is 77.8 Å². The predicted octanol–water partition coefficient (Wildman–Crippen LogP) is 7.77. The molecule has 0 saturated carbocycles. The van der Waals surface area contributed by atoms with E-state index in [2.05, 4.69) is 22.9 Å². The molecule has 0 heterocycles. The number of ether oxygens (including phenoxy) is 1. The summed E-state index contributed by atoms with van der Waals surface area (Å²) in [6.07, 6.45) is 12.6. The van der Waals surface area contributed by atoms with Crippen LogP contribution in [0.5, 0.6) is 0 Å². The lowest BCUT2D eigenvalue weighted by atomic mass is 10.1. The monoisotopic (exact) mass is 830 g/mol. The van der Waals surface area contributed by atoms with Crippen LogP contribution in [0, 0.1) is 20.2 Å². The smallest absolute Gasteiger partial charge is 0.307 e. The van der Waals surface area contributed by atoms with E-state index in [0.29, 0.717) is 18.2 Å². The fourth-order valence-corrected chi connectivity index (χ4v) is 9.63. The normalized spacial score (nSPS) is 12.8. The Labute approximate surface area is 316 Å². The van der Waals surface area contributed by atoms with Gasteiger partial charge in [0.1, 0.15) is 0 Å². The van der Waals surface area contributed by atoms with Crippen LogP contribution in [-0.4, -0.2) is 79.4 Å². The first kappa shape index (κ1) is 44.9. The second-order valence-electron chi connectivity index (χ2n) is 12.3. The number of allylic oxidation sites excluding steroid dienone is 1. The Morgan fingerprint density at radius 2 is 1.31 bits per heavy atom. The van der Waals surface area contributed by atoms with Crippen molar-refractivity contribution < 1.29 is 36.2 Å². The number of para-hydroxylation sites is 2. The molecule has 0 radical (unpaired) electrons. The number of carbonyl (C=O) groups is 1. The van der Waals surface area contributed by atoms with E-state index in [-0.39, 0.29) is 38.9 Å². The number of rotatable bonds is 27. The average Bonchev–Trinajstić information content (AvgIpc) is 3.12. The highest BCUT2D eigenvalue weighted by molar-refractivity contribution is 9.09. The van der Waals surface area contributed by atoms with Gasteiger partial charge >= 0.3 is 5.97 Å². The second kappa shape index (κ2) is 23.4. The minimum Gasteiger partial charge on any atom is -0.469 e. The Kier molecular flexibility index (Phi) is 20.2. The number of methoxy groups -OCH3 is 1. The number of sulfonamides is 2. The first-order chi connectivity index (χ1) is 24.8. The lowest BCUT2D eigenvalue weighted by Crippen LogP contribution is -2.43. The zero-order chi connectivity index (χ0) is 38.6. The molecule has 1 atom stereocenters. The maximum Gasteiger partial charge on any atom is 0.307 e. The van der Waals surface area contributed by atoms with Gasteiger partial charge in [-0.25, -0.2) is 16.8 Å². The van der Waals surface area contributed by atoms with Crippen LogP contribution in [0.15, 0.2) is 70.5 Å². The first-order valence-electron chi connectivity index (χ1n) is 17.6. The molecule has 0 amide bonds. The number of halogens is 1. The Bertz CT molecular complexity index is 1690. The number of unbranched alkanes of at least 4 members (excludes halogenated alkanes) is 8. The van der Waals surface area contributed by atoms with Crippen molar-refractivity contribution in [1.82, 2.24) is 8.61 Å². The van der Waals surface area contributed by atoms with E-state index in [1.807, 2.05) is 6.08 Å². The molecule has 52 heavy (non-hydrogen) atoms. The van der Waals surface area contributed by atoms with E-state index >= 15 is 0 Å². The van der Waals surface area contributed by atoms with E-state index in [4.69, 9.17) is 4.74 Å². The predicted molar refractivity (Wildman–Crippen MR) is 203 cm³/mol. The van der Waals surface area contributed by atoms with Crippen molar-refractivity contribution >= 4 is 53.3 Å². The average molecular weight is 832 g/mol. The summed E-state index contributed by atoms with van der Waals surface area (Å²) in [5, 5.41) is 24.4. The van der Waals surface area contributed by atoms with Gasteiger partial charge in [-0.05, 0) is 50.7 Å². The zero-order valence-electron chi connectivity index (χ0n) is 29.9. The summed E-state index contributed by atoms with van der Waals surface area (Å²) >= 11 is 3.36. The number of nitro groups is 2. The number of nitro benzene ring substituents is 2. The number of benzene rings is 2. The van der Waals surface area contributed by atoms with Gasteiger partial charge in [0.15, 0.2) is 9.79 Å². The van der Waals surface area contributed by atoms with Gasteiger partial charge < -0.3 is 4.74 Å². The third-order valence-corrected chi connectivity index (χ3v) is 13.0. The van der Waals surface area contributed by atoms with Crippen LogP contribution in [0.3, 0.4) is 0 Å². The highest BCUT2D eigenvalue weighted by atomic mass is 79.9. The Morgan fingerprint density at radius 1 is 0.769 bits per heavy atom. The Morgan fingerprint density at radius 3 is 1.88 bits per heavy atom.